The lowest BCUT2D eigenvalue weighted by molar-refractivity contribution is -0.274. The first kappa shape index (κ1) is 19.4. The molecule has 3 aromatic rings. The third kappa shape index (κ3) is 5.09. The number of amides is 1. The van der Waals surface area contributed by atoms with E-state index in [9.17, 15) is 18.0 Å². The van der Waals surface area contributed by atoms with Gasteiger partial charge < -0.3 is 4.74 Å². The molecule has 1 N–H and O–H groups in total. The van der Waals surface area contributed by atoms with Gasteiger partial charge in [-0.15, -0.1) is 13.2 Å². The Kier molecular flexibility index (Phi) is 5.62. The fraction of sp³-hybridized carbons (Fsp3) is 0.211. The predicted molar refractivity (Wildman–Crippen MR) is 96.0 cm³/mol. The minimum atomic E-state index is -4.73. The molecule has 0 fully saturated rings. The van der Waals surface area contributed by atoms with Crippen LogP contribution in [0.25, 0.3) is 5.69 Å². The van der Waals surface area contributed by atoms with E-state index in [1.54, 1.807) is 6.92 Å². The fourth-order valence-electron chi connectivity index (χ4n) is 2.59. The van der Waals surface area contributed by atoms with Gasteiger partial charge in [-0.1, -0.05) is 37.3 Å². The zero-order valence-corrected chi connectivity index (χ0v) is 14.8. The molecule has 1 atom stereocenters. The van der Waals surface area contributed by atoms with Crippen molar-refractivity contribution in [3.63, 3.8) is 0 Å². The van der Waals surface area contributed by atoms with Gasteiger partial charge in [-0.05, 0) is 36.2 Å². The van der Waals surface area contributed by atoms with Gasteiger partial charge in [-0.25, -0.2) is 0 Å². The quantitative estimate of drug-likeness (QED) is 0.691. The van der Waals surface area contributed by atoms with Crippen LogP contribution in [0.2, 0.25) is 0 Å². The second kappa shape index (κ2) is 8.12. The van der Waals surface area contributed by atoms with Crippen LogP contribution in [0, 0.1) is 5.92 Å². The average Bonchev–Trinajstić information content (AvgIpc) is 3.11. The molecule has 2 aromatic carbocycles. The van der Waals surface area contributed by atoms with Gasteiger partial charge in [0.2, 0.25) is 11.9 Å². The SMILES string of the molecule is CC(Cc1ccc(OC(F)(F)F)cc1)C(=O)Nc1ncnn1-c1ccccc1. The molecule has 1 amide bonds. The Morgan fingerprint density at radius 2 is 1.82 bits per heavy atom. The molecule has 0 bridgehead atoms. The van der Waals surface area contributed by atoms with E-state index in [1.807, 2.05) is 30.3 Å². The van der Waals surface area contributed by atoms with Crippen LogP contribution in [0.5, 0.6) is 5.75 Å². The van der Waals surface area contributed by atoms with Crippen molar-refractivity contribution in [1.82, 2.24) is 14.8 Å². The molecule has 28 heavy (non-hydrogen) atoms. The Hall–Kier alpha value is -3.36. The summed E-state index contributed by atoms with van der Waals surface area (Å²) >= 11 is 0. The highest BCUT2D eigenvalue weighted by Gasteiger charge is 2.31. The number of halogens is 3. The van der Waals surface area contributed by atoms with Crippen molar-refractivity contribution in [2.45, 2.75) is 19.7 Å². The summed E-state index contributed by atoms with van der Waals surface area (Å²) in [5.74, 6) is -0.725. The molecule has 0 aliphatic rings. The summed E-state index contributed by atoms with van der Waals surface area (Å²) in [6.45, 7) is 1.72. The number of hydrogen-bond donors (Lipinski definition) is 1. The van der Waals surface area contributed by atoms with Gasteiger partial charge in [-0.3, -0.25) is 10.1 Å². The third-order valence-electron chi connectivity index (χ3n) is 3.93. The topological polar surface area (TPSA) is 69.0 Å². The van der Waals surface area contributed by atoms with E-state index in [2.05, 4.69) is 20.1 Å². The van der Waals surface area contributed by atoms with Gasteiger partial charge in [0, 0.05) is 5.92 Å². The van der Waals surface area contributed by atoms with Gasteiger partial charge in [0.15, 0.2) is 0 Å². The molecule has 0 saturated carbocycles. The Morgan fingerprint density at radius 3 is 2.46 bits per heavy atom. The molecule has 0 aliphatic heterocycles. The highest BCUT2D eigenvalue weighted by atomic mass is 19.4. The van der Waals surface area contributed by atoms with Crippen LogP contribution in [-0.2, 0) is 11.2 Å². The lowest BCUT2D eigenvalue weighted by Gasteiger charge is -2.13. The van der Waals surface area contributed by atoms with Crippen LogP contribution in [0.4, 0.5) is 19.1 Å². The molecular formula is C19H17F3N4O2. The maximum absolute atomic E-state index is 12.5. The van der Waals surface area contributed by atoms with E-state index >= 15 is 0 Å². The van der Waals surface area contributed by atoms with Crippen LogP contribution < -0.4 is 10.1 Å². The Labute approximate surface area is 159 Å². The van der Waals surface area contributed by atoms with Gasteiger partial charge in [0.1, 0.15) is 12.1 Å². The largest absolute Gasteiger partial charge is 0.573 e. The summed E-state index contributed by atoms with van der Waals surface area (Å²) in [4.78, 5) is 16.6. The summed E-state index contributed by atoms with van der Waals surface area (Å²) in [6.07, 6.45) is -3.05. The standard InChI is InChI=1S/C19H17F3N4O2/c1-13(11-14-7-9-16(10-8-14)28-19(20,21)22)17(27)25-18-23-12-24-26(18)15-5-3-2-4-6-15/h2-10,12-13H,11H2,1H3,(H,23,24,25,27). The molecular weight excluding hydrogens is 373 g/mol. The number of hydrogen-bond acceptors (Lipinski definition) is 4. The van der Waals surface area contributed by atoms with Crippen molar-refractivity contribution in [1.29, 1.82) is 0 Å². The van der Waals surface area contributed by atoms with Crippen LogP contribution in [0.15, 0.2) is 60.9 Å². The molecule has 3 rings (SSSR count). The number of nitrogens with zero attached hydrogens (tertiary/aromatic N) is 3. The van der Waals surface area contributed by atoms with Crippen molar-refractivity contribution in [3.05, 3.63) is 66.5 Å². The summed E-state index contributed by atoms with van der Waals surface area (Å²) in [7, 11) is 0. The normalized spacial score (nSPS) is 12.4. The number of carbonyl (C=O) groups is 1. The number of aromatic nitrogens is 3. The number of alkyl halides is 3. The highest BCUT2D eigenvalue weighted by molar-refractivity contribution is 5.91. The van der Waals surface area contributed by atoms with Crippen LogP contribution in [0.3, 0.4) is 0 Å². The van der Waals surface area contributed by atoms with Crippen LogP contribution in [0.1, 0.15) is 12.5 Å². The first-order valence-electron chi connectivity index (χ1n) is 8.43. The molecule has 1 heterocycles. The monoisotopic (exact) mass is 390 g/mol. The zero-order valence-electron chi connectivity index (χ0n) is 14.8. The zero-order chi connectivity index (χ0) is 20.1. The van der Waals surface area contributed by atoms with Gasteiger partial charge in [-0.2, -0.15) is 14.8 Å². The summed E-state index contributed by atoms with van der Waals surface area (Å²) in [5, 5.41) is 6.84. The van der Waals surface area contributed by atoms with Crippen molar-refractivity contribution in [2.75, 3.05) is 5.32 Å². The molecule has 0 saturated heterocycles. The number of benzene rings is 2. The number of carbonyl (C=O) groups excluding carboxylic acids is 1. The summed E-state index contributed by atoms with van der Waals surface area (Å²) in [6, 6.07) is 14.7. The highest BCUT2D eigenvalue weighted by Crippen LogP contribution is 2.23. The summed E-state index contributed by atoms with van der Waals surface area (Å²) < 4.78 is 42.0. The van der Waals surface area contributed by atoms with E-state index < -0.39 is 12.3 Å². The summed E-state index contributed by atoms with van der Waals surface area (Å²) in [5.41, 5.74) is 1.46. The van der Waals surface area contributed by atoms with Gasteiger partial charge >= 0.3 is 6.36 Å². The number of para-hydroxylation sites is 1. The molecule has 0 radical (unpaired) electrons. The predicted octanol–water partition coefficient (Wildman–Crippen LogP) is 3.98. The molecule has 9 heteroatoms. The minimum Gasteiger partial charge on any atom is -0.406 e. The van der Waals surface area contributed by atoms with Gasteiger partial charge in [0.05, 0.1) is 5.69 Å². The van der Waals surface area contributed by atoms with Crippen molar-refractivity contribution >= 4 is 11.9 Å². The maximum atomic E-state index is 12.5. The van der Waals surface area contributed by atoms with Crippen LogP contribution in [-0.4, -0.2) is 27.0 Å². The Bertz CT molecular complexity index is 924. The van der Waals surface area contributed by atoms with E-state index in [0.717, 1.165) is 5.69 Å². The molecule has 1 aromatic heterocycles. The number of anilines is 1. The molecule has 0 spiro atoms. The first-order chi connectivity index (χ1) is 13.3. The maximum Gasteiger partial charge on any atom is 0.573 e. The second-order valence-corrected chi connectivity index (χ2v) is 6.12. The van der Waals surface area contributed by atoms with E-state index in [-0.39, 0.29) is 17.6 Å². The fourth-order valence-corrected chi connectivity index (χ4v) is 2.59. The minimum absolute atomic E-state index is 0.277. The van der Waals surface area contributed by atoms with Gasteiger partial charge in [0.25, 0.3) is 0 Å². The van der Waals surface area contributed by atoms with Crippen molar-refractivity contribution < 1.29 is 22.7 Å². The molecule has 1 unspecified atom stereocenters. The number of nitrogens with one attached hydrogen (secondary N) is 1. The Morgan fingerprint density at radius 1 is 1.14 bits per heavy atom. The smallest absolute Gasteiger partial charge is 0.406 e. The van der Waals surface area contributed by atoms with Crippen molar-refractivity contribution in [2.24, 2.45) is 5.92 Å². The number of rotatable bonds is 6. The lowest BCUT2D eigenvalue weighted by atomic mass is 10.0. The molecule has 0 aliphatic carbocycles. The molecule has 6 nitrogen and oxygen atoms in total. The van der Waals surface area contributed by atoms with E-state index in [0.29, 0.717) is 12.0 Å². The van der Waals surface area contributed by atoms with E-state index in [1.165, 1.54) is 35.3 Å². The number of ether oxygens (including phenoxy) is 1. The third-order valence-corrected chi connectivity index (χ3v) is 3.93. The average molecular weight is 390 g/mol. The lowest BCUT2D eigenvalue weighted by Crippen LogP contribution is -2.24. The second-order valence-electron chi connectivity index (χ2n) is 6.12. The van der Waals surface area contributed by atoms with Crippen LogP contribution >= 0.6 is 0 Å². The van der Waals surface area contributed by atoms with Crippen molar-refractivity contribution in [3.8, 4) is 11.4 Å². The Balaban J connectivity index is 1.62. The molecule has 146 valence electrons. The first-order valence-corrected chi connectivity index (χ1v) is 8.43. The van der Waals surface area contributed by atoms with E-state index in [4.69, 9.17) is 0 Å².